The summed E-state index contributed by atoms with van der Waals surface area (Å²) >= 11 is 0. The van der Waals surface area contributed by atoms with Crippen molar-refractivity contribution in [3.05, 3.63) is 71.2 Å². The standard InChI is InChI=1S/C20H20F2N4O/c1-13-11-23-18(20(27)24-12-19(21)22)10-16(13)9-14-3-5-15(6-4-14)17-7-8-26(2)25-17/h3-8,10-11,19H,9,12H2,1-2H3,(H,24,27). The normalized spacial score (nSPS) is 11.0. The molecule has 0 radical (unpaired) electrons. The Labute approximate surface area is 156 Å². The number of carbonyl (C=O) groups excluding carboxylic acids is 1. The summed E-state index contributed by atoms with van der Waals surface area (Å²) in [6, 6.07) is 11.6. The van der Waals surface area contributed by atoms with Gasteiger partial charge in [0.25, 0.3) is 12.3 Å². The molecule has 2 heterocycles. The van der Waals surface area contributed by atoms with Crippen molar-refractivity contribution in [3.63, 3.8) is 0 Å². The minimum Gasteiger partial charge on any atom is -0.345 e. The summed E-state index contributed by atoms with van der Waals surface area (Å²) in [6.45, 7) is 1.23. The Morgan fingerprint density at radius 1 is 1.22 bits per heavy atom. The number of rotatable bonds is 6. The van der Waals surface area contributed by atoms with Gasteiger partial charge in [0.2, 0.25) is 0 Å². The van der Waals surface area contributed by atoms with Gasteiger partial charge in [-0.15, -0.1) is 0 Å². The Morgan fingerprint density at radius 3 is 2.59 bits per heavy atom. The van der Waals surface area contributed by atoms with Gasteiger partial charge in [-0.2, -0.15) is 5.10 Å². The molecule has 5 nitrogen and oxygen atoms in total. The van der Waals surface area contributed by atoms with E-state index in [1.165, 1.54) is 0 Å². The summed E-state index contributed by atoms with van der Waals surface area (Å²) in [5, 5.41) is 6.56. The van der Waals surface area contributed by atoms with Crippen LogP contribution < -0.4 is 5.32 Å². The van der Waals surface area contributed by atoms with Crippen LogP contribution in [0.2, 0.25) is 0 Å². The molecular weight excluding hydrogens is 350 g/mol. The number of aryl methyl sites for hydroxylation is 2. The molecule has 0 saturated heterocycles. The molecule has 0 bridgehead atoms. The molecule has 2 aromatic heterocycles. The van der Waals surface area contributed by atoms with Crippen LogP contribution in [0.4, 0.5) is 8.78 Å². The number of halogens is 2. The Morgan fingerprint density at radius 2 is 1.96 bits per heavy atom. The third-order valence-electron chi connectivity index (χ3n) is 4.22. The molecule has 3 aromatic rings. The fourth-order valence-electron chi connectivity index (χ4n) is 2.72. The molecule has 3 rings (SSSR count). The topological polar surface area (TPSA) is 59.8 Å². The maximum Gasteiger partial charge on any atom is 0.270 e. The lowest BCUT2D eigenvalue weighted by Crippen LogP contribution is -2.29. The monoisotopic (exact) mass is 370 g/mol. The van der Waals surface area contributed by atoms with Crippen LogP contribution in [0.25, 0.3) is 11.3 Å². The van der Waals surface area contributed by atoms with Crippen LogP contribution in [-0.2, 0) is 13.5 Å². The number of alkyl halides is 2. The highest BCUT2D eigenvalue weighted by atomic mass is 19.3. The van der Waals surface area contributed by atoms with Gasteiger partial charge < -0.3 is 5.32 Å². The van der Waals surface area contributed by atoms with E-state index in [0.29, 0.717) is 6.42 Å². The molecular formula is C20H20F2N4O. The summed E-state index contributed by atoms with van der Waals surface area (Å²) in [5.41, 5.74) is 5.01. The maximum atomic E-state index is 12.3. The number of hydrogen-bond donors (Lipinski definition) is 1. The van der Waals surface area contributed by atoms with Crippen molar-refractivity contribution >= 4 is 5.91 Å². The van der Waals surface area contributed by atoms with Crippen molar-refractivity contribution in [3.8, 4) is 11.3 Å². The third kappa shape index (κ3) is 4.75. The van der Waals surface area contributed by atoms with E-state index in [4.69, 9.17) is 0 Å². The van der Waals surface area contributed by atoms with Gasteiger partial charge in [0.15, 0.2) is 0 Å². The van der Waals surface area contributed by atoms with Crippen molar-refractivity contribution < 1.29 is 13.6 Å². The molecule has 140 valence electrons. The van der Waals surface area contributed by atoms with Gasteiger partial charge >= 0.3 is 0 Å². The van der Waals surface area contributed by atoms with E-state index >= 15 is 0 Å². The molecule has 0 aliphatic rings. The first-order valence-corrected chi connectivity index (χ1v) is 8.53. The highest BCUT2D eigenvalue weighted by molar-refractivity contribution is 5.92. The quantitative estimate of drug-likeness (QED) is 0.724. The molecule has 0 aliphatic heterocycles. The third-order valence-corrected chi connectivity index (χ3v) is 4.22. The van der Waals surface area contributed by atoms with Crippen molar-refractivity contribution in [2.24, 2.45) is 7.05 Å². The largest absolute Gasteiger partial charge is 0.345 e. The van der Waals surface area contributed by atoms with E-state index in [1.807, 2.05) is 50.5 Å². The first-order valence-electron chi connectivity index (χ1n) is 8.53. The SMILES string of the molecule is Cc1cnc(C(=O)NCC(F)F)cc1Cc1ccc(-c2ccn(C)n2)cc1. The molecule has 7 heteroatoms. The fourth-order valence-corrected chi connectivity index (χ4v) is 2.72. The van der Waals surface area contributed by atoms with Crippen molar-refractivity contribution in [2.45, 2.75) is 19.8 Å². The highest BCUT2D eigenvalue weighted by Gasteiger charge is 2.12. The van der Waals surface area contributed by atoms with E-state index < -0.39 is 18.9 Å². The van der Waals surface area contributed by atoms with Crippen LogP contribution in [-0.4, -0.2) is 33.6 Å². The first-order chi connectivity index (χ1) is 12.9. The van der Waals surface area contributed by atoms with E-state index in [9.17, 15) is 13.6 Å². The number of benzene rings is 1. The van der Waals surface area contributed by atoms with E-state index in [0.717, 1.165) is 27.9 Å². The average Bonchev–Trinajstić information content (AvgIpc) is 3.08. The fraction of sp³-hybridized carbons (Fsp3) is 0.250. The Bertz CT molecular complexity index is 935. The summed E-state index contributed by atoms with van der Waals surface area (Å²) in [4.78, 5) is 16.0. The molecule has 0 aliphatic carbocycles. The number of hydrogen-bond acceptors (Lipinski definition) is 3. The molecule has 1 N–H and O–H groups in total. The predicted octanol–water partition coefficient (Wildman–Crippen LogP) is 3.38. The second kappa shape index (κ2) is 8.07. The molecule has 1 aromatic carbocycles. The molecule has 0 atom stereocenters. The lowest BCUT2D eigenvalue weighted by molar-refractivity contribution is 0.0887. The molecule has 0 saturated carbocycles. The minimum absolute atomic E-state index is 0.140. The van der Waals surface area contributed by atoms with Crippen LogP contribution >= 0.6 is 0 Å². The number of pyridine rings is 1. The van der Waals surface area contributed by atoms with Crippen LogP contribution in [0.15, 0.2) is 48.8 Å². The zero-order chi connectivity index (χ0) is 19.4. The van der Waals surface area contributed by atoms with Crippen molar-refractivity contribution in [1.29, 1.82) is 0 Å². The lowest BCUT2D eigenvalue weighted by Gasteiger charge is -2.09. The zero-order valence-corrected chi connectivity index (χ0v) is 15.1. The van der Waals surface area contributed by atoms with Crippen molar-refractivity contribution in [1.82, 2.24) is 20.1 Å². The Hall–Kier alpha value is -3.09. The van der Waals surface area contributed by atoms with Gasteiger partial charge in [-0.1, -0.05) is 24.3 Å². The summed E-state index contributed by atoms with van der Waals surface area (Å²) < 4.78 is 26.3. The van der Waals surface area contributed by atoms with Gasteiger partial charge in [0, 0.05) is 25.0 Å². The predicted molar refractivity (Wildman–Crippen MR) is 98.8 cm³/mol. The molecule has 1 amide bonds. The summed E-state index contributed by atoms with van der Waals surface area (Å²) in [6.07, 6.45) is 1.52. The van der Waals surface area contributed by atoms with Gasteiger partial charge in [-0.25, -0.2) is 8.78 Å². The molecule has 0 fully saturated rings. The smallest absolute Gasteiger partial charge is 0.270 e. The van der Waals surface area contributed by atoms with Crippen LogP contribution in [0, 0.1) is 6.92 Å². The van der Waals surface area contributed by atoms with Gasteiger partial charge in [0.05, 0.1) is 12.2 Å². The Balaban J connectivity index is 1.75. The van der Waals surface area contributed by atoms with Gasteiger partial charge in [0.1, 0.15) is 5.69 Å². The molecule has 27 heavy (non-hydrogen) atoms. The summed E-state index contributed by atoms with van der Waals surface area (Å²) in [5.74, 6) is -0.595. The van der Waals surface area contributed by atoms with Crippen LogP contribution in [0.5, 0.6) is 0 Å². The second-order valence-corrected chi connectivity index (χ2v) is 6.35. The summed E-state index contributed by atoms with van der Waals surface area (Å²) in [7, 11) is 1.87. The van der Waals surface area contributed by atoms with Crippen LogP contribution in [0.3, 0.4) is 0 Å². The Kier molecular flexibility index (Phi) is 5.59. The second-order valence-electron chi connectivity index (χ2n) is 6.35. The number of carbonyl (C=O) groups is 1. The minimum atomic E-state index is -2.59. The van der Waals surface area contributed by atoms with E-state index in [1.54, 1.807) is 16.9 Å². The van der Waals surface area contributed by atoms with Crippen LogP contribution in [0.1, 0.15) is 27.2 Å². The zero-order valence-electron chi connectivity index (χ0n) is 15.1. The van der Waals surface area contributed by atoms with Crippen molar-refractivity contribution in [2.75, 3.05) is 6.54 Å². The number of nitrogens with one attached hydrogen (secondary N) is 1. The molecule has 0 spiro atoms. The highest BCUT2D eigenvalue weighted by Crippen LogP contribution is 2.20. The van der Waals surface area contributed by atoms with E-state index in [2.05, 4.69) is 15.4 Å². The van der Waals surface area contributed by atoms with Gasteiger partial charge in [-0.3, -0.25) is 14.5 Å². The van der Waals surface area contributed by atoms with E-state index in [-0.39, 0.29) is 5.69 Å². The van der Waals surface area contributed by atoms with Gasteiger partial charge in [-0.05, 0) is 42.2 Å². The number of aromatic nitrogens is 3. The lowest BCUT2D eigenvalue weighted by atomic mass is 9.99. The molecule has 0 unspecified atom stereocenters. The number of nitrogens with zero attached hydrogens (tertiary/aromatic N) is 3. The number of amides is 1. The maximum absolute atomic E-state index is 12.3. The average molecular weight is 370 g/mol. The first kappa shape index (κ1) is 18.7.